The number of hydrogen-bond acceptors (Lipinski definition) is 2. The second-order valence-corrected chi connectivity index (χ2v) is 4.64. The third-order valence-corrected chi connectivity index (χ3v) is 3.46. The Morgan fingerprint density at radius 1 is 1.50 bits per heavy atom. The monoisotopic (exact) mass is 217 g/mol. The molecule has 1 N–H and O–H groups in total. The Hall–Kier alpha value is -1.27. The minimum Gasteiger partial charge on any atom is -0.322 e. The van der Waals surface area contributed by atoms with Crippen LogP contribution in [-0.2, 0) is 12.0 Å². The van der Waals surface area contributed by atoms with Crippen LogP contribution in [0.5, 0.6) is 0 Å². The van der Waals surface area contributed by atoms with E-state index in [-0.39, 0.29) is 5.41 Å². The molecule has 0 spiro atoms. The molecule has 0 aliphatic carbocycles. The van der Waals surface area contributed by atoms with Crippen molar-refractivity contribution in [2.24, 2.45) is 0 Å². The fourth-order valence-electron chi connectivity index (χ4n) is 2.35. The van der Waals surface area contributed by atoms with Gasteiger partial charge >= 0.3 is 0 Å². The number of hydrogen-bond donors (Lipinski definition) is 1. The summed E-state index contributed by atoms with van der Waals surface area (Å²) in [4.78, 5) is 4.27. The van der Waals surface area contributed by atoms with Gasteiger partial charge < -0.3 is 9.88 Å². The van der Waals surface area contributed by atoms with Gasteiger partial charge in [-0.1, -0.05) is 12.8 Å². The summed E-state index contributed by atoms with van der Waals surface area (Å²) in [5.41, 5.74) is 1.59. The molecule has 0 unspecified atom stereocenters. The van der Waals surface area contributed by atoms with Gasteiger partial charge in [-0.2, -0.15) is 0 Å². The van der Waals surface area contributed by atoms with Crippen LogP contribution in [0.1, 0.15) is 32.4 Å². The highest BCUT2D eigenvalue weighted by molar-refractivity contribution is 5.16. The molecule has 0 aromatic carbocycles. The van der Waals surface area contributed by atoms with Crippen molar-refractivity contribution in [2.45, 2.75) is 38.6 Å². The van der Waals surface area contributed by atoms with Gasteiger partial charge in [0.25, 0.3) is 0 Å². The normalized spacial score (nSPS) is 18.9. The molecule has 86 valence electrons. The molecule has 0 amide bonds. The molecule has 3 nitrogen and oxygen atoms in total. The molecule has 0 bridgehead atoms. The molecule has 1 aromatic rings. The maximum atomic E-state index is 4.27. The van der Waals surface area contributed by atoms with E-state index in [1.807, 2.05) is 19.4 Å². The Labute approximate surface area is 97.3 Å². The van der Waals surface area contributed by atoms with Gasteiger partial charge in [-0.3, -0.25) is 0 Å². The highest BCUT2D eigenvalue weighted by Gasteiger charge is 2.31. The molecule has 3 heteroatoms. The maximum absolute atomic E-state index is 4.27. The lowest BCUT2D eigenvalue weighted by Gasteiger charge is -2.34. The number of nitrogens with one attached hydrogen (secondary N) is 1. The van der Waals surface area contributed by atoms with E-state index in [4.69, 9.17) is 0 Å². The van der Waals surface area contributed by atoms with Crippen molar-refractivity contribution < 1.29 is 0 Å². The quantitative estimate of drug-likeness (QED) is 0.762. The second-order valence-electron chi connectivity index (χ2n) is 4.64. The Balaban J connectivity index is 2.23. The summed E-state index contributed by atoms with van der Waals surface area (Å²) in [7, 11) is 0. The molecular weight excluding hydrogens is 198 g/mol. The zero-order chi connectivity index (χ0) is 11.4. The van der Waals surface area contributed by atoms with E-state index in [1.165, 1.54) is 18.5 Å². The standard InChI is InChI=1S/C13H19N3/c1-3-4-9-16-11-15-10-12(16)13(2)5-7-14-8-6-13/h10-11,14H,5-9H2,1-2H3. The van der Waals surface area contributed by atoms with Crippen LogP contribution in [0.4, 0.5) is 0 Å². The molecule has 1 aliphatic heterocycles. The van der Waals surface area contributed by atoms with Crippen LogP contribution in [0.25, 0.3) is 0 Å². The van der Waals surface area contributed by atoms with E-state index >= 15 is 0 Å². The SMILES string of the molecule is CC#CCn1cncc1C1(C)CCNCC1. The highest BCUT2D eigenvalue weighted by Crippen LogP contribution is 2.32. The smallest absolute Gasteiger partial charge is 0.0956 e. The summed E-state index contributed by atoms with van der Waals surface area (Å²) in [6, 6.07) is 0. The van der Waals surface area contributed by atoms with Gasteiger partial charge in [-0.25, -0.2) is 4.98 Å². The Morgan fingerprint density at radius 2 is 2.25 bits per heavy atom. The van der Waals surface area contributed by atoms with Crippen molar-refractivity contribution >= 4 is 0 Å². The molecule has 1 saturated heterocycles. The summed E-state index contributed by atoms with van der Waals surface area (Å²) in [6.45, 7) is 7.17. The summed E-state index contributed by atoms with van der Waals surface area (Å²) in [5.74, 6) is 6.04. The summed E-state index contributed by atoms with van der Waals surface area (Å²) in [5, 5.41) is 3.41. The van der Waals surface area contributed by atoms with Crippen molar-refractivity contribution in [1.29, 1.82) is 0 Å². The largest absolute Gasteiger partial charge is 0.322 e. The number of aromatic nitrogens is 2. The lowest BCUT2D eigenvalue weighted by molar-refractivity contribution is 0.319. The molecular formula is C13H19N3. The Bertz CT molecular complexity index is 402. The fourth-order valence-corrected chi connectivity index (χ4v) is 2.35. The molecule has 1 aromatic heterocycles. The molecule has 0 atom stereocenters. The van der Waals surface area contributed by atoms with Crippen molar-refractivity contribution in [3.05, 3.63) is 18.2 Å². The van der Waals surface area contributed by atoms with Crippen LogP contribution in [0.3, 0.4) is 0 Å². The summed E-state index contributed by atoms with van der Waals surface area (Å²) < 4.78 is 2.18. The second kappa shape index (κ2) is 4.71. The van der Waals surface area contributed by atoms with E-state index in [0.717, 1.165) is 19.6 Å². The average molecular weight is 217 g/mol. The topological polar surface area (TPSA) is 29.9 Å². The Morgan fingerprint density at radius 3 is 2.94 bits per heavy atom. The van der Waals surface area contributed by atoms with Gasteiger partial charge in [0.15, 0.2) is 0 Å². The summed E-state index contributed by atoms with van der Waals surface area (Å²) >= 11 is 0. The van der Waals surface area contributed by atoms with Gasteiger partial charge in [0.05, 0.1) is 12.9 Å². The predicted octanol–water partition coefficient (Wildman–Crippen LogP) is 1.55. The van der Waals surface area contributed by atoms with Crippen LogP contribution < -0.4 is 5.32 Å². The third-order valence-electron chi connectivity index (χ3n) is 3.46. The van der Waals surface area contributed by atoms with Gasteiger partial charge in [0.1, 0.15) is 0 Å². The Kier molecular flexibility index (Phi) is 3.31. The maximum Gasteiger partial charge on any atom is 0.0956 e. The molecule has 0 saturated carbocycles. The fraction of sp³-hybridized carbons (Fsp3) is 0.615. The van der Waals surface area contributed by atoms with Crippen molar-refractivity contribution in [3.63, 3.8) is 0 Å². The number of rotatable bonds is 2. The zero-order valence-corrected chi connectivity index (χ0v) is 10.1. The first-order valence-corrected chi connectivity index (χ1v) is 5.87. The first-order chi connectivity index (χ1) is 7.76. The first kappa shape index (κ1) is 11.2. The predicted molar refractivity (Wildman–Crippen MR) is 65.1 cm³/mol. The van der Waals surface area contributed by atoms with Gasteiger partial charge in [-0.15, -0.1) is 5.92 Å². The van der Waals surface area contributed by atoms with Crippen molar-refractivity contribution in [2.75, 3.05) is 13.1 Å². The highest BCUT2D eigenvalue weighted by atomic mass is 15.1. The van der Waals surface area contributed by atoms with Gasteiger partial charge in [-0.05, 0) is 32.9 Å². The van der Waals surface area contributed by atoms with E-state index in [0.29, 0.717) is 0 Å². The molecule has 2 heterocycles. The molecule has 1 aliphatic rings. The number of imidazole rings is 1. The zero-order valence-electron chi connectivity index (χ0n) is 10.1. The van der Waals surface area contributed by atoms with Crippen LogP contribution in [0.15, 0.2) is 12.5 Å². The van der Waals surface area contributed by atoms with E-state index < -0.39 is 0 Å². The molecule has 16 heavy (non-hydrogen) atoms. The van der Waals surface area contributed by atoms with Crippen molar-refractivity contribution in [1.82, 2.24) is 14.9 Å². The molecule has 2 rings (SSSR count). The van der Waals surface area contributed by atoms with E-state index in [1.54, 1.807) is 0 Å². The van der Waals surface area contributed by atoms with Crippen LogP contribution >= 0.6 is 0 Å². The van der Waals surface area contributed by atoms with E-state index in [2.05, 4.69) is 33.6 Å². The lowest BCUT2D eigenvalue weighted by Crippen LogP contribution is -2.38. The number of piperidine rings is 1. The molecule has 0 radical (unpaired) electrons. The van der Waals surface area contributed by atoms with E-state index in [9.17, 15) is 0 Å². The van der Waals surface area contributed by atoms with Gasteiger partial charge in [0, 0.05) is 17.3 Å². The first-order valence-electron chi connectivity index (χ1n) is 5.87. The van der Waals surface area contributed by atoms with Crippen LogP contribution in [-0.4, -0.2) is 22.6 Å². The lowest BCUT2D eigenvalue weighted by atomic mass is 9.78. The van der Waals surface area contributed by atoms with Crippen LogP contribution in [0, 0.1) is 11.8 Å². The minimum atomic E-state index is 0.261. The number of nitrogens with zero attached hydrogens (tertiary/aromatic N) is 2. The third kappa shape index (κ3) is 2.12. The minimum absolute atomic E-state index is 0.261. The van der Waals surface area contributed by atoms with Crippen molar-refractivity contribution in [3.8, 4) is 11.8 Å². The average Bonchev–Trinajstić information content (AvgIpc) is 2.76. The van der Waals surface area contributed by atoms with Gasteiger partial charge in [0.2, 0.25) is 0 Å². The summed E-state index contributed by atoms with van der Waals surface area (Å²) in [6.07, 6.45) is 6.26. The van der Waals surface area contributed by atoms with Crippen LogP contribution in [0.2, 0.25) is 0 Å². The molecule has 1 fully saturated rings.